The summed E-state index contributed by atoms with van der Waals surface area (Å²) in [7, 11) is 0. The Hall–Kier alpha value is -2.73. The molecule has 0 spiro atoms. The second-order valence-electron chi connectivity index (χ2n) is 8.45. The Morgan fingerprint density at radius 3 is 2.56 bits per heavy atom. The van der Waals surface area contributed by atoms with E-state index in [4.69, 9.17) is 4.74 Å². The summed E-state index contributed by atoms with van der Waals surface area (Å²) in [5, 5.41) is 13.3. The number of para-hydroxylation sites is 1. The third-order valence-electron chi connectivity index (χ3n) is 6.19. The van der Waals surface area contributed by atoms with Crippen LogP contribution in [0.15, 0.2) is 79.0 Å². The first-order chi connectivity index (χ1) is 15.8. The minimum Gasteiger partial charge on any atom is -0.492 e. The number of piperidine rings is 1. The molecule has 1 aliphatic heterocycles. The molecule has 0 amide bonds. The van der Waals surface area contributed by atoms with E-state index in [0.29, 0.717) is 5.92 Å². The molecule has 2 N–H and O–H groups in total. The summed E-state index contributed by atoms with van der Waals surface area (Å²) in [5.74, 6) is 1.59. The molecule has 3 aromatic rings. The molecular weight excluding hydrogens is 398 g/mol. The van der Waals surface area contributed by atoms with E-state index in [0.717, 1.165) is 55.4 Å². The number of nitrogens with one attached hydrogen (secondary N) is 1. The van der Waals surface area contributed by atoms with Gasteiger partial charge < -0.3 is 15.2 Å². The van der Waals surface area contributed by atoms with Crippen molar-refractivity contribution in [3.63, 3.8) is 0 Å². The summed E-state index contributed by atoms with van der Waals surface area (Å²) in [6.07, 6.45) is 4.21. The molecule has 2 aromatic carbocycles. The van der Waals surface area contributed by atoms with Crippen molar-refractivity contribution in [1.82, 2.24) is 15.2 Å². The largest absolute Gasteiger partial charge is 0.492 e. The Kier molecular flexibility index (Phi) is 8.26. The second-order valence-corrected chi connectivity index (χ2v) is 8.45. The van der Waals surface area contributed by atoms with Gasteiger partial charge in [-0.05, 0) is 73.8 Å². The number of rotatable bonds is 10. The number of aliphatic hydroxyl groups is 1. The van der Waals surface area contributed by atoms with Crippen LogP contribution in [0.2, 0.25) is 0 Å². The third kappa shape index (κ3) is 6.39. The van der Waals surface area contributed by atoms with Crippen LogP contribution in [-0.4, -0.2) is 47.8 Å². The van der Waals surface area contributed by atoms with Crippen molar-refractivity contribution < 1.29 is 9.84 Å². The zero-order chi connectivity index (χ0) is 22.0. The molecule has 5 heteroatoms. The number of benzene rings is 2. The Labute approximate surface area is 191 Å². The van der Waals surface area contributed by atoms with Crippen molar-refractivity contribution in [2.24, 2.45) is 5.92 Å². The molecule has 4 rings (SSSR count). The standard InChI is InChI=1S/C27H33N3O2/c31-21-23-7-6-8-24(19-23)27(26-11-4-5-14-28-26)29-20-22-12-15-30(16-13-22)17-18-32-25-9-2-1-3-10-25/h1-11,14,19,22,27,29,31H,12-13,15-18,20-21H2. The fourth-order valence-corrected chi connectivity index (χ4v) is 4.32. The molecular formula is C27H33N3O2. The number of ether oxygens (including phenoxy) is 1. The number of aromatic nitrogens is 1. The van der Waals surface area contributed by atoms with Gasteiger partial charge in [0, 0.05) is 12.7 Å². The summed E-state index contributed by atoms with van der Waals surface area (Å²) in [5.41, 5.74) is 3.08. The van der Waals surface area contributed by atoms with Gasteiger partial charge in [0.25, 0.3) is 0 Å². The minimum absolute atomic E-state index is 0.0278. The number of nitrogens with zero attached hydrogens (tertiary/aromatic N) is 2. The predicted octanol–water partition coefficient (Wildman–Crippen LogP) is 4.04. The Morgan fingerprint density at radius 2 is 1.81 bits per heavy atom. The van der Waals surface area contributed by atoms with Crippen LogP contribution in [0.3, 0.4) is 0 Å². The zero-order valence-electron chi connectivity index (χ0n) is 18.6. The average molecular weight is 432 g/mol. The topological polar surface area (TPSA) is 57.6 Å². The molecule has 1 aromatic heterocycles. The van der Waals surface area contributed by atoms with Gasteiger partial charge in [-0.1, -0.05) is 48.5 Å². The van der Waals surface area contributed by atoms with Gasteiger partial charge in [-0.15, -0.1) is 0 Å². The highest BCUT2D eigenvalue weighted by Crippen LogP contribution is 2.24. The molecule has 1 saturated heterocycles. The number of likely N-dealkylation sites (tertiary alicyclic amines) is 1. The van der Waals surface area contributed by atoms with Gasteiger partial charge in [-0.3, -0.25) is 9.88 Å². The highest BCUT2D eigenvalue weighted by Gasteiger charge is 2.22. The summed E-state index contributed by atoms with van der Waals surface area (Å²) in [6.45, 7) is 4.93. The van der Waals surface area contributed by atoms with Crippen molar-refractivity contribution in [2.75, 3.05) is 32.8 Å². The lowest BCUT2D eigenvalue weighted by atomic mass is 9.95. The molecule has 1 unspecified atom stereocenters. The van der Waals surface area contributed by atoms with E-state index < -0.39 is 0 Å². The molecule has 5 nitrogen and oxygen atoms in total. The lowest BCUT2D eigenvalue weighted by molar-refractivity contribution is 0.153. The van der Waals surface area contributed by atoms with Crippen LogP contribution in [0, 0.1) is 5.92 Å². The van der Waals surface area contributed by atoms with Crippen molar-refractivity contribution in [1.29, 1.82) is 0 Å². The Balaban J connectivity index is 1.27. The predicted molar refractivity (Wildman–Crippen MR) is 128 cm³/mol. The summed E-state index contributed by atoms with van der Waals surface area (Å²) in [4.78, 5) is 7.10. The van der Waals surface area contributed by atoms with Crippen LogP contribution in [-0.2, 0) is 6.61 Å². The number of pyridine rings is 1. The van der Waals surface area contributed by atoms with E-state index in [1.807, 2.05) is 60.8 Å². The third-order valence-corrected chi connectivity index (χ3v) is 6.19. The maximum Gasteiger partial charge on any atom is 0.119 e. The Morgan fingerprint density at radius 1 is 1.00 bits per heavy atom. The highest BCUT2D eigenvalue weighted by atomic mass is 16.5. The number of hydrogen-bond acceptors (Lipinski definition) is 5. The molecule has 0 aliphatic carbocycles. The summed E-state index contributed by atoms with van der Waals surface area (Å²) in [6, 6.07) is 24.3. The maximum atomic E-state index is 9.55. The molecule has 32 heavy (non-hydrogen) atoms. The molecule has 0 saturated carbocycles. The quantitative estimate of drug-likeness (QED) is 0.507. The number of hydrogen-bond donors (Lipinski definition) is 2. The fourth-order valence-electron chi connectivity index (χ4n) is 4.32. The molecule has 0 bridgehead atoms. The van der Waals surface area contributed by atoms with Gasteiger partial charge in [0.15, 0.2) is 0 Å². The second kappa shape index (κ2) is 11.8. The Bertz CT molecular complexity index is 928. The minimum atomic E-state index is 0.0278. The van der Waals surface area contributed by atoms with E-state index in [2.05, 4.69) is 33.4 Å². The monoisotopic (exact) mass is 431 g/mol. The van der Waals surface area contributed by atoms with Gasteiger partial charge in [0.05, 0.1) is 18.3 Å². The van der Waals surface area contributed by atoms with Crippen molar-refractivity contribution >= 4 is 0 Å². The van der Waals surface area contributed by atoms with Crippen LogP contribution < -0.4 is 10.1 Å². The van der Waals surface area contributed by atoms with Crippen LogP contribution in [0.4, 0.5) is 0 Å². The zero-order valence-corrected chi connectivity index (χ0v) is 18.6. The number of aliphatic hydroxyl groups excluding tert-OH is 1. The highest BCUT2D eigenvalue weighted by molar-refractivity contribution is 5.31. The van der Waals surface area contributed by atoms with Gasteiger partial charge in [-0.25, -0.2) is 0 Å². The van der Waals surface area contributed by atoms with Crippen molar-refractivity contribution in [3.05, 3.63) is 95.8 Å². The smallest absolute Gasteiger partial charge is 0.119 e. The van der Waals surface area contributed by atoms with Crippen molar-refractivity contribution in [2.45, 2.75) is 25.5 Å². The lowest BCUT2D eigenvalue weighted by Crippen LogP contribution is -2.40. The van der Waals surface area contributed by atoms with E-state index in [1.165, 1.54) is 12.8 Å². The van der Waals surface area contributed by atoms with Gasteiger partial charge in [-0.2, -0.15) is 0 Å². The van der Waals surface area contributed by atoms with Crippen LogP contribution >= 0.6 is 0 Å². The SMILES string of the molecule is OCc1cccc(C(NCC2CCN(CCOc3ccccc3)CC2)c2ccccn2)c1. The van der Waals surface area contributed by atoms with Gasteiger partial charge in [0.1, 0.15) is 12.4 Å². The summed E-state index contributed by atoms with van der Waals surface area (Å²) < 4.78 is 5.85. The lowest BCUT2D eigenvalue weighted by Gasteiger charge is -2.33. The van der Waals surface area contributed by atoms with Crippen LogP contribution in [0.5, 0.6) is 5.75 Å². The van der Waals surface area contributed by atoms with E-state index >= 15 is 0 Å². The van der Waals surface area contributed by atoms with E-state index in [-0.39, 0.29) is 12.6 Å². The molecule has 168 valence electrons. The first kappa shape index (κ1) is 22.5. The van der Waals surface area contributed by atoms with Crippen LogP contribution in [0.1, 0.15) is 35.7 Å². The average Bonchev–Trinajstić information content (AvgIpc) is 2.86. The van der Waals surface area contributed by atoms with Crippen LogP contribution in [0.25, 0.3) is 0 Å². The van der Waals surface area contributed by atoms with Crippen molar-refractivity contribution in [3.8, 4) is 5.75 Å². The molecule has 0 radical (unpaired) electrons. The van der Waals surface area contributed by atoms with E-state index in [1.54, 1.807) is 0 Å². The molecule has 1 atom stereocenters. The molecule has 1 fully saturated rings. The maximum absolute atomic E-state index is 9.55. The van der Waals surface area contributed by atoms with Gasteiger partial charge >= 0.3 is 0 Å². The van der Waals surface area contributed by atoms with Gasteiger partial charge in [0.2, 0.25) is 0 Å². The fraction of sp³-hybridized carbons (Fsp3) is 0.370. The summed E-state index contributed by atoms with van der Waals surface area (Å²) >= 11 is 0. The first-order valence-corrected chi connectivity index (χ1v) is 11.6. The molecule has 2 heterocycles. The van der Waals surface area contributed by atoms with E-state index in [9.17, 15) is 5.11 Å². The normalized spacial score (nSPS) is 16.0. The first-order valence-electron chi connectivity index (χ1n) is 11.6. The molecule has 1 aliphatic rings.